The maximum absolute atomic E-state index is 13.9. The van der Waals surface area contributed by atoms with Gasteiger partial charge in [0.2, 0.25) is 0 Å². The van der Waals surface area contributed by atoms with Crippen molar-refractivity contribution in [2.75, 3.05) is 15.7 Å². The number of amides is 1. The second-order valence-corrected chi connectivity index (χ2v) is 10.5. The molecule has 35 heavy (non-hydrogen) atoms. The van der Waals surface area contributed by atoms with Crippen LogP contribution in [0, 0.1) is 6.92 Å². The molecule has 4 aromatic carbocycles. The molecular weight excluding hydrogens is 456 g/mol. The standard InChI is InChI=1S/C29H26N2O3S/c1-22-15-17-25(18-16-22)35(33,34)31(21-23-9-3-2-4-10-23)28-14-8-6-12-26(28)29(32)30-20-19-24-11-5-7-13-27(24)30/h2-18H,19-21H2,1H3. The first-order chi connectivity index (χ1) is 16.9. The molecule has 0 radical (unpaired) electrons. The van der Waals surface area contributed by atoms with E-state index in [0.29, 0.717) is 17.8 Å². The second-order valence-electron chi connectivity index (χ2n) is 8.66. The van der Waals surface area contributed by atoms with Crippen molar-refractivity contribution < 1.29 is 13.2 Å². The lowest BCUT2D eigenvalue weighted by Gasteiger charge is -2.28. The van der Waals surface area contributed by atoms with Crippen LogP contribution >= 0.6 is 0 Å². The van der Waals surface area contributed by atoms with Crippen molar-refractivity contribution in [3.05, 3.63) is 125 Å². The third kappa shape index (κ3) is 4.45. The lowest BCUT2D eigenvalue weighted by Crippen LogP contribution is -2.35. The van der Waals surface area contributed by atoms with Crippen LogP contribution < -0.4 is 9.21 Å². The largest absolute Gasteiger partial charge is 0.308 e. The van der Waals surface area contributed by atoms with Crippen LogP contribution in [0.1, 0.15) is 27.0 Å². The monoisotopic (exact) mass is 482 g/mol. The van der Waals surface area contributed by atoms with Gasteiger partial charge in [-0.15, -0.1) is 0 Å². The van der Waals surface area contributed by atoms with Crippen LogP contribution in [0.5, 0.6) is 0 Å². The van der Waals surface area contributed by atoms with E-state index in [1.165, 1.54) is 4.31 Å². The Hall–Kier alpha value is -3.90. The minimum absolute atomic E-state index is 0.109. The molecule has 1 aliphatic heterocycles. The highest BCUT2D eigenvalue weighted by molar-refractivity contribution is 7.92. The molecule has 1 heterocycles. The maximum Gasteiger partial charge on any atom is 0.264 e. The molecule has 0 aromatic heterocycles. The molecule has 0 saturated heterocycles. The number of hydrogen-bond acceptors (Lipinski definition) is 3. The summed E-state index contributed by atoms with van der Waals surface area (Å²) in [4.78, 5) is 15.7. The van der Waals surface area contributed by atoms with E-state index in [-0.39, 0.29) is 17.3 Å². The molecule has 0 N–H and O–H groups in total. The van der Waals surface area contributed by atoms with Crippen molar-refractivity contribution in [3.8, 4) is 0 Å². The second kappa shape index (κ2) is 9.39. The summed E-state index contributed by atoms with van der Waals surface area (Å²) in [6, 6.07) is 31.0. The van der Waals surface area contributed by atoms with E-state index in [0.717, 1.165) is 28.8 Å². The summed E-state index contributed by atoms with van der Waals surface area (Å²) in [5.41, 5.74) is 4.52. The normalized spacial score (nSPS) is 12.9. The first-order valence-corrected chi connectivity index (χ1v) is 13.0. The molecule has 4 aromatic rings. The van der Waals surface area contributed by atoms with Gasteiger partial charge >= 0.3 is 0 Å². The number of fused-ring (bicyclic) bond motifs is 1. The third-order valence-electron chi connectivity index (χ3n) is 6.31. The maximum atomic E-state index is 13.9. The SMILES string of the molecule is Cc1ccc(S(=O)(=O)N(Cc2ccccc2)c2ccccc2C(=O)N2CCc3ccccc32)cc1. The Labute approximate surface area is 206 Å². The zero-order chi connectivity index (χ0) is 24.4. The molecule has 176 valence electrons. The minimum atomic E-state index is -3.95. The number of nitrogens with zero attached hydrogens (tertiary/aromatic N) is 2. The van der Waals surface area contributed by atoms with Gasteiger partial charge < -0.3 is 4.90 Å². The highest BCUT2D eigenvalue weighted by atomic mass is 32.2. The Morgan fingerprint density at radius 3 is 2.26 bits per heavy atom. The summed E-state index contributed by atoms with van der Waals surface area (Å²) < 4.78 is 29.2. The number of benzene rings is 4. The molecule has 0 bridgehead atoms. The Morgan fingerprint density at radius 1 is 0.829 bits per heavy atom. The summed E-state index contributed by atoms with van der Waals surface area (Å²) in [5, 5.41) is 0. The van der Waals surface area contributed by atoms with Gasteiger partial charge in [0.1, 0.15) is 0 Å². The smallest absolute Gasteiger partial charge is 0.264 e. The third-order valence-corrected chi connectivity index (χ3v) is 8.09. The van der Waals surface area contributed by atoms with E-state index in [2.05, 4.69) is 0 Å². The van der Waals surface area contributed by atoms with Crippen LogP contribution in [0.4, 0.5) is 11.4 Å². The molecule has 6 heteroatoms. The fourth-order valence-corrected chi connectivity index (χ4v) is 5.92. The summed E-state index contributed by atoms with van der Waals surface area (Å²) in [5.74, 6) is -0.206. The number of anilines is 2. The van der Waals surface area contributed by atoms with Crippen LogP contribution in [-0.2, 0) is 23.0 Å². The molecule has 1 amide bonds. The Bertz CT molecular complexity index is 1470. The number of para-hydroxylation sites is 2. The molecule has 0 unspecified atom stereocenters. The van der Waals surface area contributed by atoms with Crippen molar-refractivity contribution in [3.63, 3.8) is 0 Å². The lowest BCUT2D eigenvalue weighted by atomic mass is 10.1. The molecule has 0 spiro atoms. The molecule has 1 aliphatic rings. The van der Waals surface area contributed by atoms with Gasteiger partial charge in [-0.2, -0.15) is 0 Å². The quantitative estimate of drug-likeness (QED) is 0.360. The fourth-order valence-electron chi connectivity index (χ4n) is 4.45. The lowest BCUT2D eigenvalue weighted by molar-refractivity contribution is 0.0990. The van der Waals surface area contributed by atoms with E-state index in [9.17, 15) is 13.2 Å². The van der Waals surface area contributed by atoms with Crippen molar-refractivity contribution in [1.82, 2.24) is 0 Å². The van der Waals surface area contributed by atoms with Crippen molar-refractivity contribution in [2.24, 2.45) is 0 Å². The Morgan fingerprint density at radius 2 is 1.49 bits per heavy atom. The van der Waals surface area contributed by atoms with Crippen LogP contribution in [-0.4, -0.2) is 20.9 Å². The summed E-state index contributed by atoms with van der Waals surface area (Å²) in [6.07, 6.45) is 0.777. The molecular formula is C29H26N2O3S. The Kier molecular flexibility index (Phi) is 6.14. The van der Waals surface area contributed by atoms with Crippen LogP contribution in [0.25, 0.3) is 0 Å². The van der Waals surface area contributed by atoms with Crippen LogP contribution in [0.2, 0.25) is 0 Å². The zero-order valence-electron chi connectivity index (χ0n) is 19.5. The van der Waals surface area contributed by atoms with Gasteiger partial charge in [0.15, 0.2) is 0 Å². The molecule has 0 fully saturated rings. The van der Waals surface area contributed by atoms with Gasteiger partial charge in [0.05, 0.1) is 22.7 Å². The number of hydrogen-bond donors (Lipinski definition) is 0. The van der Waals surface area contributed by atoms with Crippen LogP contribution in [0.3, 0.4) is 0 Å². The zero-order valence-corrected chi connectivity index (χ0v) is 20.3. The van der Waals surface area contributed by atoms with E-state index in [4.69, 9.17) is 0 Å². The highest BCUT2D eigenvalue weighted by Crippen LogP contribution is 2.34. The van der Waals surface area contributed by atoms with E-state index in [1.54, 1.807) is 53.4 Å². The topological polar surface area (TPSA) is 57.7 Å². The molecule has 5 nitrogen and oxygen atoms in total. The van der Waals surface area contributed by atoms with Crippen molar-refractivity contribution in [1.29, 1.82) is 0 Å². The summed E-state index contributed by atoms with van der Waals surface area (Å²) in [7, 11) is -3.95. The number of aryl methyl sites for hydroxylation is 1. The predicted octanol–water partition coefficient (Wildman–Crippen LogP) is 5.59. The predicted molar refractivity (Wildman–Crippen MR) is 139 cm³/mol. The molecule has 5 rings (SSSR count). The number of sulfonamides is 1. The number of rotatable bonds is 6. The van der Waals surface area contributed by atoms with Gasteiger partial charge in [0.25, 0.3) is 15.9 Å². The minimum Gasteiger partial charge on any atom is -0.308 e. The number of carbonyl (C=O) groups excluding carboxylic acids is 1. The fraction of sp³-hybridized carbons (Fsp3) is 0.138. The van der Waals surface area contributed by atoms with Gasteiger partial charge in [-0.3, -0.25) is 9.10 Å². The average molecular weight is 483 g/mol. The van der Waals surface area contributed by atoms with Crippen molar-refractivity contribution >= 4 is 27.3 Å². The van der Waals surface area contributed by atoms with Crippen LogP contribution in [0.15, 0.2) is 108 Å². The summed E-state index contributed by atoms with van der Waals surface area (Å²) in [6.45, 7) is 2.59. The van der Waals surface area contributed by atoms with Gasteiger partial charge in [-0.05, 0) is 54.8 Å². The van der Waals surface area contributed by atoms with E-state index < -0.39 is 10.0 Å². The average Bonchev–Trinajstić information content (AvgIpc) is 3.32. The van der Waals surface area contributed by atoms with Gasteiger partial charge in [-0.25, -0.2) is 8.42 Å². The molecule has 0 saturated carbocycles. The van der Waals surface area contributed by atoms with E-state index >= 15 is 0 Å². The first kappa shape index (κ1) is 22.9. The summed E-state index contributed by atoms with van der Waals surface area (Å²) >= 11 is 0. The van der Waals surface area contributed by atoms with E-state index in [1.807, 2.05) is 61.5 Å². The van der Waals surface area contributed by atoms with Crippen molar-refractivity contribution in [2.45, 2.75) is 24.8 Å². The Balaban J connectivity index is 1.61. The molecule has 0 aliphatic carbocycles. The highest BCUT2D eigenvalue weighted by Gasteiger charge is 2.32. The van der Waals surface area contributed by atoms with Gasteiger partial charge in [0, 0.05) is 12.2 Å². The first-order valence-electron chi connectivity index (χ1n) is 11.6. The van der Waals surface area contributed by atoms with Gasteiger partial charge in [-0.1, -0.05) is 78.4 Å². The number of carbonyl (C=O) groups is 1. The molecule has 0 atom stereocenters.